The van der Waals surface area contributed by atoms with Gasteiger partial charge in [-0.1, -0.05) is 50.2 Å². The van der Waals surface area contributed by atoms with Crippen molar-refractivity contribution in [2.45, 2.75) is 32.2 Å². The van der Waals surface area contributed by atoms with Crippen LogP contribution >= 0.6 is 0 Å². The number of nitrogens with one attached hydrogen (secondary N) is 1. The van der Waals surface area contributed by atoms with Crippen LogP contribution in [0.1, 0.15) is 25.8 Å². The lowest BCUT2D eigenvalue weighted by Gasteiger charge is -2.25. The maximum atomic E-state index is 12.0. The average molecular weight is 298 g/mol. The summed E-state index contributed by atoms with van der Waals surface area (Å²) < 4.78 is 1.54. The number of hydrogen-bond donors (Lipinski definition) is 1. The number of carbonyl (C=O) groups is 1. The van der Waals surface area contributed by atoms with Crippen molar-refractivity contribution in [1.29, 1.82) is 0 Å². The van der Waals surface area contributed by atoms with Gasteiger partial charge in [-0.2, -0.15) is 0 Å². The SMILES string of the molecule is CC(C)(CNC(=O)CCn1ccccc1=O)c1ccccc1. The molecular formula is C18H22N2O2. The topological polar surface area (TPSA) is 51.1 Å². The van der Waals surface area contributed by atoms with Crippen molar-refractivity contribution in [3.8, 4) is 0 Å². The first-order valence-electron chi connectivity index (χ1n) is 7.47. The fraction of sp³-hybridized carbons (Fsp3) is 0.333. The second-order valence-corrected chi connectivity index (χ2v) is 6.01. The normalized spacial score (nSPS) is 11.2. The molecule has 1 heterocycles. The number of carbonyl (C=O) groups excluding carboxylic acids is 1. The maximum absolute atomic E-state index is 12.0. The van der Waals surface area contributed by atoms with Crippen molar-refractivity contribution in [3.05, 3.63) is 70.6 Å². The van der Waals surface area contributed by atoms with E-state index < -0.39 is 0 Å². The largest absolute Gasteiger partial charge is 0.355 e. The van der Waals surface area contributed by atoms with Gasteiger partial charge in [-0.25, -0.2) is 0 Å². The summed E-state index contributed by atoms with van der Waals surface area (Å²) in [4.78, 5) is 23.5. The van der Waals surface area contributed by atoms with Crippen LogP contribution in [0.3, 0.4) is 0 Å². The quantitative estimate of drug-likeness (QED) is 0.890. The summed E-state index contributed by atoms with van der Waals surface area (Å²) in [6.45, 7) is 5.17. The minimum atomic E-state index is -0.124. The highest BCUT2D eigenvalue weighted by Crippen LogP contribution is 2.21. The Kier molecular flexibility index (Phi) is 5.15. The molecule has 22 heavy (non-hydrogen) atoms. The van der Waals surface area contributed by atoms with Crippen LogP contribution in [0.2, 0.25) is 0 Å². The van der Waals surface area contributed by atoms with Crippen molar-refractivity contribution < 1.29 is 4.79 Å². The first kappa shape index (κ1) is 16.0. The number of hydrogen-bond acceptors (Lipinski definition) is 2. The Bertz CT molecular complexity index is 675. The second-order valence-electron chi connectivity index (χ2n) is 6.01. The van der Waals surface area contributed by atoms with Crippen molar-refractivity contribution in [2.24, 2.45) is 0 Å². The Morgan fingerprint density at radius 3 is 2.45 bits per heavy atom. The molecule has 4 heteroatoms. The van der Waals surface area contributed by atoms with Gasteiger partial charge in [0, 0.05) is 37.2 Å². The van der Waals surface area contributed by atoms with Crippen LogP contribution in [0.25, 0.3) is 0 Å². The van der Waals surface area contributed by atoms with Crippen LogP contribution in [0.15, 0.2) is 59.5 Å². The van der Waals surface area contributed by atoms with Gasteiger partial charge in [0.25, 0.3) is 5.56 Å². The molecule has 2 rings (SSSR count). The molecule has 0 saturated carbocycles. The van der Waals surface area contributed by atoms with Gasteiger partial charge in [0.15, 0.2) is 0 Å². The summed E-state index contributed by atoms with van der Waals surface area (Å²) >= 11 is 0. The predicted octanol–water partition coefficient (Wildman–Crippen LogP) is 2.33. The number of amides is 1. The number of aromatic nitrogens is 1. The van der Waals surface area contributed by atoms with Gasteiger partial charge in [-0.15, -0.1) is 0 Å². The fourth-order valence-electron chi connectivity index (χ4n) is 2.27. The van der Waals surface area contributed by atoms with Crippen molar-refractivity contribution in [1.82, 2.24) is 9.88 Å². The van der Waals surface area contributed by atoms with E-state index in [0.717, 1.165) is 0 Å². The van der Waals surface area contributed by atoms with Crippen LogP contribution < -0.4 is 10.9 Å². The number of rotatable bonds is 6. The van der Waals surface area contributed by atoms with Gasteiger partial charge in [0.05, 0.1) is 0 Å². The van der Waals surface area contributed by atoms with Gasteiger partial charge in [-0.05, 0) is 11.6 Å². The molecular weight excluding hydrogens is 276 g/mol. The average Bonchev–Trinajstić information content (AvgIpc) is 2.53. The Hall–Kier alpha value is -2.36. The van der Waals surface area contributed by atoms with Crippen molar-refractivity contribution in [3.63, 3.8) is 0 Å². The van der Waals surface area contributed by atoms with Crippen LogP contribution in [0.5, 0.6) is 0 Å². The van der Waals surface area contributed by atoms with E-state index in [0.29, 0.717) is 19.5 Å². The standard InChI is InChI=1S/C18H22N2O2/c1-18(2,15-8-4-3-5-9-15)14-19-16(21)11-13-20-12-7-6-10-17(20)22/h3-10,12H,11,13-14H2,1-2H3,(H,19,21). The summed E-state index contributed by atoms with van der Waals surface area (Å²) in [5, 5.41) is 2.96. The van der Waals surface area contributed by atoms with Gasteiger partial charge in [0.1, 0.15) is 0 Å². The molecule has 0 radical (unpaired) electrons. The van der Waals surface area contributed by atoms with Gasteiger partial charge < -0.3 is 9.88 Å². The van der Waals surface area contributed by atoms with Gasteiger partial charge in [-0.3, -0.25) is 9.59 Å². The van der Waals surface area contributed by atoms with E-state index in [9.17, 15) is 9.59 Å². The van der Waals surface area contributed by atoms with Crippen LogP contribution in [-0.2, 0) is 16.8 Å². The molecule has 116 valence electrons. The molecule has 0 spiro atoms. The summed E-state index contributed by atoms with van der Waals surface area (Å²) in [5.41, 5.74) is 0.982. The Balaban J connectivity index is 1.85. The highest BCUT2D eigenvalue weighted by Gasteiger charge is 2.20. The van der Waals surface area contributed by atoms with Crippen LogP contribution in [-0.4, -0.2) is 17.0 Å². The zero-order valence-corrected chi connectivity index (χ0v) is 13.1. The molecule has 2 aromatic rings. The van der Waals surface area contributed by atoms with Crippen molar-refractivity contribution in [2.75, 3.05) is 6.54 Å². The van der Waals surface area contributed by atoms with Crippen molar-refractivity contribution >= 4 is 5.91 Å². The van der Waals surface area contributed by atoms with Gasteiger partial charge in [0.2, 0.25) is 5.91 Å². The molecule has 0 aliphatic heterocycles. The van der Waals surface area contributed by atoms with E-state index in [2.05, 4.69) is 31.3 Å². The number of pyridine rings is 1. The highest BCUT2D eigenvalue weighted by molar-refractivity contribution is 5.75. The van der Waals surface area contributed by atoms with E-state index >= 15 is 0 Å². The summed E-state index contributed by atoms with van der Waals surface area (Å²) in [6.07, 6.45) is 2.00. The maximum Gasteiger partial charge on any atom is 0.250 e. The fourth-order valence-corrected chi connectivity index (χ4v) is 2.27. The lowest BCUT2D eigenvalue weighted by Crippen LogP contribution is -2.37. The lowest BCUT2D eigenvalue weighted by molar-refractivity contribution is -0.121. The minimum absolute atomic E-state index is 0.0419. The third kappa shape index (κ3) is 4.32. The van der Waals surface area contributed by atoms with Gasteiger partial charge >= 0.3 is 0 Å². The zero-order chi connectivity index (χ0) is 16.0. The Labute approximate surface area is 130 Å². The predicted molar refractivity (Wildman–Crippen MR) is 87.8 cm³/mol. The van der Waals surface area contributed by atoms with E-state index in [1.54, 1.807) is 22.9 Å². The number of aryl methyl sites for hydroxylation is 1. The smallest absolute Gasteiger partial charge is 0.250 e. The molecule has 1 aromatic carbocycles. The van der Waals surface area contributed by atoms with Crippen LogP contribution in [0, 0.1) is 0 Å². The molecule has 0 bridgehead atoms. The monoisotopic (exact) mass is 298 g/mol. The molecule has 0 atom stereocenters. The third-order valence-electron chi connectivity index (χ3n) is 3.76. The van der Waals surface area contributed by atoms with Crippen LogP contribution in [0.4, 0.5) is 0 Å². The minimum Gasteiger partial charge on any atom is -0.355 e. The molecule has 0 unspecified atom stereocenters. The first-order valence-corrected chi connectivity index (χ1v) is 7.47. The second kappa shape index (κ2) is 7.07. The van der Waals surface area contributed by atoms with E-state index in [1.807, 2.05) is 18.2 Å². The molecule has 1 N–H and O–H groups in total. The molecule has 0 aliphatic carbocycles. The summed E-state index contributed by atoms with van der Waals surface area (Å²) in [5.74, 6) is -0.0419. The summed E-state index contributed by atoms with van der Waals surface area (Å²) in [6, 6.07) is 15.1. The zero-order valence-electron chi connectivity index (χ0n) is 13.1. The molecule has 1 amide bonds. The highest BCUT2D eigenvalue weighted by atomic mass is 16.1. The third-order valence-corrected chi connectivity index (χ3v) is 3.76. The Morgan fingerprint density at radius 2 is 1.77 bits per heavy atom. The number of benzene rings is 1. The molecule has 0 fully saturated rings. The van der Waals surface area contributed by atoms with E-state index in [1.165, 1.54) is 11.6 Å². The van der Waals surface area contributed by atoms with E-state index in [4.69, 9.17) is 0 Å². The summed E-state index contributed by atoms with van der Waals surface area (Å²) in [7, 11) is 0. The first-order chi connectivity index (χ1) is 10.5. The number of nitrogens with zero attached hydrogens (tertiary/aromatic N) is 1. The molecule has 0 saturated heterocycles. The molecule has 0 aliphatic rings. The molecule has 1 aromatic heterocycles. The van der Waals surface area contributed by atoms with E-state index in [-0.39, 0.29) is 16.9 Å². The molecule has 4 nitrogen and oxygen atoms in total. The Morgan fingerprint density at radius 1 is 1.09 bits per heavy atom. The lowest BCUT2D eigenvalue weighted by atomic mass is 9.84.